The summed E-state index contributed by atoms with van der Waals surface area (Å²) in [6, 6.07) is -1.19. The number of carbonyl (C=O) groups is 6. The first kappa shape index (κ1) is 38.1. The van der Waals surface area contributed by atoms with Crippen molar-refractivity contribution in [1.29, 1.82) is 0 Å². The maximum atomic E-state index is 12.0. The van der Waals surface area contributed by atoms with Crippen molar-refractivity contribution in [2.75, 3.05) is 24.7 Å². The second-order valence-corrected chi connectivity index (χ2v) is 14.4. The minimum Gasteiger partial charge on any atom is -0.464 e. The molecule has 0 aromatic rings. The van der Waals surface area contributed by atoms with Crippen LogP contribution in [0, 0.1) is 0 Å². The molecular formula is C32H52N2O8S2. The summed E-state index contributed by atoms with van der Waals surface area (Å²) in [4.78, 5) is 70.4. The van der Waals surface area contributed by atoms with Crippen LogP contribution in [0.25, 0.3) is 0 Å². The third-order valence-corrected chi connectivity index (χ3v) is 10.3. The Hall–Kier alpha value is -2.08. The van der Waals surface area contributed by atoms with Crippen LogP contribution in [0.15, 0.2) is 0 Å². The number of carbonyl (C=O) groups excluding carboxylic acids is 6. The lowest BCUT2D eigenvalue weighted by Gasteiger charge is -2.08. The smallest absolute Gasteiger partial charge is 0.328 e. The Labute approximate surface area is 270 Å². The van der Waals surface area contributed by atoms with Crippen LogP contribution >= 0.6 is 21.6 Å². The Kier molecular flexibility index (Phi) is 20.9. The summed E-state index contributed by atoms with van der Waals surface area (Å²) in [5, 5.41) is 5.15. The molecule has 12 heteroatoms. The average molecular weight is 657 g/mol. The van der Waals surface area contributed by atoms with Crippen molar-refractivity contribution in [2.24, 2.45) is 0 Å². The molecule has 0 spiro atoms. The number of Topliss-reactive ketones (excluding diaryl/α,β-unsaturated/α-hetero) is 2. The summed E-state index contributed by atoms with van der Waals surface area (Å²) < 4.78 is 9.61. The molecule has 2 aliphatic heterocycles. The van der Waals surface area contributed by atoms with Crippen molar-refractivity contribution in [3.05, 3.63) is 0 Å². The quantitative estimate of drug-likeness (QED) is 0.0511. The van der Waals surface area contributed by atoms with Gasteiger partial charge in [0.25, 0.3) is 0 Å². The van der Waals surface area contributed by atoms with Crippen LogP contribution in [0.3, 0.4) is 0 Å². The van der Waals surface area contributed by atoms with E-state index < -0.39 is 24.0 Å². The molecule has 2 fully saturated rings. The summed E-state index contributed by atoms with van der Waals surface area (Å²) in [5.74, 6) is 0.635. The van der Waals surface area contributed by atoms with E-state index in [1.54, 1.807) is 0 Å². The molecule has 2 atom stereocenters. The molecule has 0 saturated carbocycles. The molecule has 44 heavy (non-hydrogen) atoms. The van der Waals surface area contributed by atoms with E-state index in [0.29, 0.717) is 38.9 Å². The van der Waals surface area contributed by atoms with E-state index >= 15 is 0 Å². The number of esters is 2. The Morgan fingerprint density at radius 1 is 0.545 bits per heavy atom. The maximum Gasteiger partial charge on any atom is 0.328 e. The normalized spacial score (nSPS) is 17.7. The van der Waals surface area contributed by atoms with Gasteiger partial charge in [0.2, 0.25) is 11.8 Å². The standard InChI is InChI=1S/C32H52N2O8S2/c35-25(23-29(37)33-27-17-19-41-31(27)39)15-11-7-3-1-5-9-13-21-43-44-22-14-10-6-2-4-8-12-16-26(36)24-30(38)34-28-18-20-42-32(28)40/h27-28H,1-24H2,(H,33,37)(H,34,38)/t27-,28-/m0/s1. The fourth-order valence-electron chi connectivity index (χ4n) is 5.13. The Morgan fingerprint density at radius 2 is 0.886 bits per heavy atom. The van der Waals surface area contributed by atoms with Gasteiger partial charge in [0, 0.05) is 37.2 Å². The zero-order chi connectivity index (χ0) is 31.8. The molecule has 0 aromatic carbocycles. The molecule has 0 aromatic heterocycles. The Bertz CT molecular complexity index is 845. The Balaban J connectivity index is 1.24. The molecule has 250 valence electrons. The number of ketones is 2. The van der Waals surface area contributed by atoms with Crippen molar-refractivity contribution in [1.82, 2.24) is 10.6 Å². The lowest BCUT2D eigenvalue weighted by Crippen LogP contribution is -2.38. The summed E-state index contributed by atoms with van der Waals surface area (Å²) >= 11 is 0. The fraction of sp³-hybridized carbons (Fsp3) is 0.812. The van der Waals surface area contributed by atoms with Crippen molar-refractivity contribution in [3.63, 3.8) is 0 Å². The summed E-state index contributed by atoms with van der Waals surface area (Å²) in [6.45, 7) is 0.645. The SMILES string of the molecule is O=C(CCCCCCCCCSSCCCCCCCCCC(=O)CC(=O)N[C@H]1CCOC1=O)CC(=O)N[C@H]1CCOC1=O. The topological polar surface area (TPSA) is 145 Å². The van der Waals surface area contributed by atoms with Gasteiger partial charge < -0.3 is 20.1 Å². The van der Waals surface area contributed by atoms with E-state index in [0.717, 1.165) is 38.5 Å². The monoisotopic (exact) mass is 656 g/mol. The lowest BCUT2D eigenvalue weighted by atomic mass is 10.1. The van der Waals surface area contributed by atoms with Gasteiger partial charge in [0.05, 0.1) is 26.1 Å². The van der Waals surface area contributed by atoms with Crippen molar-refractivity contribution in [2.45, 2.75) is 141 Å². The van der Waals surface area contributed by atoms with E-state index in [-0.39, 0.29) is 36.2 Å². The number of hydrogen-bond donors (Lipinski definition) is 2. The highest BCUT2D eigenvalue weighted by molar-refractivity contribution is 8.76. The third kappa shape index (κ3) is 18.7. The highest BCUT2D eigenvalue weighted by Gasteiger charge is 2.29. The van der Waals surface area contributed by atoms with Gasteiger partial charge in [-0.3, -0.25) is 19.2 Å². The van der Waals surface area contributed by atoms with Crippen molar-refractivity contribution >= 4 is 56.9 Å². The third-order valence-electron chi connectivity index (χ3n) is 7.71. The molecule has 0 radical (unpaired) electrons. The molecule has 0 unspecified atom stereocenters. The van der Waals surface area contributed by atoms with E-state index in [1.807, 2.05) is 21.6 Å². The van der Waals surface area contributed by atoms with E-state index in [9.17, 15) is 28.8 Å². The zero-order valence-corrected chi connectivity index (χ0v) is 27.8. The molecule has 2 saturated heterocycles. The zero-order valence-electron chi connectivity index (χ0n) is 26.2. The van der Waals surface area contributed by atoms with Gasteiger partial charge in [-0.1, -0.05) is 85.8 Å². The number of rotatable bonds is 27. The molecule has 10 nitrogen and oxygen atoms in total. The van der Waals surface area contributed by atoms with Crippen LogP contribution in [-0.4, -0.2) is 72.1 Å². The van der Waals surface area contributed by atoms with E-state index in [1.165, 1.54) is 62.9 Å². The van der Waals surface area contributed by atoms with Crippen LogP contribution in [0.1, 0.15) is 128 Å². The number of unbranched alkanes of at least 4 members (excludes halogenated alkanes) is 12. The number of nitrogens with one attached hydrogen (secondary N) is 2. The predicted molar refractivity (Wildman–Crippen MR) is 173 cm³/mol. The van der Waals surface area contributed by atoms with Gasteiger partial charge in [-0.25, -0.2) is 9.59 Å². The van der Waals surface area contributed by atoms with Gasteiger partial charge in [-0.15, -0.1) is 0 Å². The highest BCUT2D eigenvalue weighted by Crippen LogP contribution is 2.25. The Morgan fingerprint density at radius 3 is 1.23 bits per heavy atom. The minimum atomic E-state index is -0.596. The van der Waals surface area contributed by atoms with Crippen molar-refractivity contribution in [3.8, 4) is 0 Å². The highest BCUT2D eigenvalue weighted by atomic mass is 33.1. The molecule has 2 N–H and O–H groups in total. The molecule has 2 amide bonds. The fourth-order valence-corrected chi connectivity index (χ4v) is 7.43. The van der Waals surface area contributed by atoms with E-state index in [4.69, 9.17) is 9.47 Å². The second kappa shape index (κ2) is 24.2. The molecular weight excluding hydrogens is 604 g/mol. The average Bonchev–Trinajstić information content (AvgIpc) is 3.58. The van der Waals surface area contributed by atoms with Gasteiger partial charge >= 0.3 is 11.9 Å². The van der Waals surface area contributed by atoms with Gasteiger partial charge in [-0.05, 0) is 25.7 Å². The first-order valence-electron chi connectivity index (χ1n) is 16.5. The van der Waals surface area contributed by atoms with Crippen LogP contribution in [-0.2, 0) is 38.2 Å². The second-order valence-electron chi connectivity index (χ2n) is 11.7. The number of hydrogen-bond acceptors (Lipinski definition) is 10. The predicted octanol–water partition coefficient (Wildman–Crippen LogP) is 5.39. The number of ether oxygens (including phenoxy) is 2. The largest absolute Gasteiger partial charge is 0.464 e. The summed E-state index contributed by atoms with van der Waals surface area (Å²) in [7, 11) is 3.94. The molecule has 2 heterocycles. The van der Waals surface area contributed by atoms with Crippen molar-refractivity contribution < 1.29 is 38.2 Å². The van der Waals surface area contributed by atoms with Gasteiger partial charge in [-0.2, -0.15) is 0 Å². The first-order valence-corrected chi connectivity index (χ1v) is 19.0. The number of amides is 2. The minimum absolute atomic E-state index is 0.0685. The van der Waals surface area contributed by atoms with Crippen LogP contribution in [0.4, 0.5) is 0 Å². The summed E-state index contributed by atoms with van der Waals surface area (Å²) in [5.41, 5.74) is 0. The van der Waals surface area contributed by atoms with Crippen LogP contribution in [0.2, 0.25) is 0 Å². The van der Waals surface area contributed by atoms with Crippen LogP contribution in [0.5, 0.6) is 0 Å². The summed E-state index contributed by atoms with van der Waals surface area (Å²) in [6.07, 6.45) is 17.1. The van der Waals surface area contributed by atoms with Gasteiger partial charge in [0.15, 0.2) is 0 Å². The molecule has 0 bridgehead atoms. The first-order chi connectivity index (χ1) is 21.3. The molecule has 2 aliphatic rings. The molecule has 0 aliphatic carbocycles. The lowest BCUT2D eigenvalue weighted by molar-refractivity contribution is -0.142. The molecule has 2 rings (SSSR count). The number of cyclic esters (lactones) is 2. The van der Waals surface area contributed by atoms with E-state index in [2.05, 4.69) is 10.6 Å². The van der Waals surface area contributed by atoms with Gasteiger partial charge in [0.1, 0.15) is 23.7 Å². The van der Waals surface area contributed by atoms with Crippen LogP contribution < -0.4 is 10.6 Å². The maximum absolute atomic E-state index is 12.0.